The predicted octanol–water partition coefficient (Wildman–Crippen LogP) is 1.96. The van der Waals surface area contributed by atoms with Crippen molar-refractivity contribution in [2.45, 2.75) is 18.6 Å². The maximum absolute atomic E-state index is 5.61. The molecule has 0 saturated carbocycles. The van der Waals surface area contributed by atoms with Gasteiger partial charge >= 0.3 is 0 Å². The van der Waals surface area contributed by atoms with Gasteiger partial charge < -0.3 is 4.90 Å². The van der Waals surface area contributed by atoms with Gasteiger partial charge in [0.1, 0.15) is 0 Å². The number of guanidine groups is 1. The zero-order chi connectivity index (χ0) is 12.8. The lowest BCUT2D eigenvalue weighted by molar-refractivity contribution is 0.410. The summed E-state index contributed by atoms with van der Waals surface area (Å²) >= 11 is 2.04. The second-order valence-corrected chi connectivity index (χ2v) is 5.67. The average molecular weight is 264 g/mol. The SMILES string of the molecule is CCC1CN(C(=Nc2ccccc2)NN)CCS1. The molecule has 4 nitrogen and oxygen atoms in total. The summed E-state index contributed by atoms with van der Waals surface area (Å²) in [6, 6.07) is 9.90. The van der Waals surface area contributed by atoms with Crippen LogP contribution in [0, 0.1) is 0 Å². The van der Waals surface area contributed by atoms with Crippen molar-refractivity contribution in [2.24, 2.45) is 10.8 Å². The quantitative estimate of drug-likeness (QED) is 0.371. The molecular weight excluding hydrogens is 244 g/mol. The van der Waals surface area contributed by atoms with Gasteiger partial charge in [-0.1, -0.05) is 25.1 Å². The molecule has 0 spiro atoms. The minimum atomic E-state index is 0.674. The third kappa shape index (κ3) is 3.40. The summed E-state index contributed by atoms with van der Waals surface area (Å²) in [4.78, 5) is 6.80. The number of nitrogens with zero attached hydrogens (tertiary/aromatic N) is 2. The number of nitrogens with one attached hydrogen (secondary N) is 1. The van der Waals surface area contributed by atoms with Crippen LogP contribution in [0.1, 0.15) is 13.3 Å². The maximum atomic E-state index is 5.61. The largest absolute Gasteiger partial charge is 0.340 e. The fourth-order valence-electron chi connectivity index (χ4n) is 1.98. The van der Waals surface area contributed by atoms with Crippen LogP contribution < -0.4 is 11.3 Å². The average Bonchev–Trinajstić information content (AvgIpc) is 2.46. The number of hydrogen-bond donors (Lipinski definition) is 2. The molecule has 0 aliphatic carbocycles. The van der Waals surface area contributed by atoms with E-state index in [-0.39, 0.29) is 0 Å². The molecule has 18 heavy (non-hydrogen) atoms. The molecule has 1 aromatic rings. The molecule has 1 saturated heterocycles. The van der Waals surface area contributed by atoms with Crippen LogP contribution in [-0.2, 0) is 0 Å². The number of aliphatic imine (C=N–C) groups is 1. The summed E-state index contributed by atoms with van der Waals surface area (Å²) in [5.74, 6) is 7.51. The second kappa shape index (κ2) is 6.66. The predicted molar refractivity (Wildman–Crippen MR) is 79.0 cm³/mol. The first-order valence-electron chi connectivity index (χ1n) is 6.30. The van der Waals surface area contributed by atoms with Crippen LogP contribution in [0.4, 0.5) is 5.69 Å². The Morgan fingerprint density at radius 3 is 2.94 bits per heavy atom. The Bertz CT molecular complexity index is 393. The first kappa shape index (κ1) is 13.2. The molecule has 1 heterocycles. The highest BCUT2D eigenvalue weighted by Gasteiger charge is 2.21. The van der Waals surface area contributed by atoms with Gasteiger partial charge in [-0.05, 0) is 18.6 Å². The Morgan fingerprint density at radius 2 is 2.28 bits per heavy atom. The highest BCUT2D eigenvalue weighted by molar-refractivity contribution is 8.00. The van der Waals surface area contributed by atoms with E-state index in [1.54, 1.807) is 0 Å². The van der Waals surface area contributed by atoms with E-state index in [1.165, 1.54) is 6.42 Å². The summed E-state index contributed by atoms with van der Waals surface area (Å²) in [5.41, 5.74) is 3.66. The summed E-state index contributed by atoms with van der Waals surface area (Å²) in [6.45, 7) is 4.24. The molecule has 0 radical (unpaired) electrons. The summed E-state index contributed by atoms with van der Waals surface area (Å²) in [7, 11) is 0. The molecule has 0 aromatic heterocycles. The fraction of sp³-hybridized carbons (Fsp3) is 0.462. The number of benzene rings is 1. The van der Waals surface area contributed by atoms with E-state index in [2.05, 4.69) is 22.2 Å². The number of hydrogen-bond acceptors (Lipinski definition) is 3. The summed E-state index contributed by atoms with van der Waals surface area (Å²) in [6.07, 6.45) is 1.18. The van der Waals surface area contributed by atoms with Crippen LogP contribution in [0.3, 0.4) is 0 Å². The van der Waals surface area contributed by atoms with E-state index >= 15 is 0 Å². The van der Waals surface area contributed by atoms with Gasteiger partial charge in [-0.2, -0.15) is 11.8 Å². The molecule has 1 aliphatic rings. The molecular formula is C13H20N4S. The third-order valence-electron chi connectivity index (χ3n) is 3.01. The number of thioether (sulfide) groups is 1. The Balaban J connectivity index is 2.10. The van der Waals surface area contributed by atoms with Crippen molar-refractivity contribution in [2.75, 3.05) is 18.8 Å². The first-order valence-corrected chi connectivity index (χ1v) is 7.35. The number of hydrazine groups is 1. The Kier molecular flexibility index (Phi) is 4.90. The first-order chi connectivity index (χ1) is 8.83. The van der Waals surface area contributed by atoms with E-state index < -0.39 is 0 Å². The molecule has 1 fully saturated rings. The summed E-state index contributed by atoms with van der Waals surface area (Å²) < 4.78 is 0. The van der Waals surface area contributed by atoms with Gasteiger partial charge in [0.2, 0.25) is 5.96 Å². The number of rotatable bonds is 2. The number of nitrogens with two attached hydrogens (primary N) is 1. The highest BCUT2D eigenvalue weighted by atomic mass is 32.2. The molecule has 5 heteroatoms. The summed E-state index contributed by atoms with van der Waals surface area (Å²) in [5, 5.41) is 0.674. The monoisotopic (exact) mass is 264 g/mol. The van der Waals surface area contributed by atoms with E-state index in [9.17, 15) is 0 Å². The van der Waals surface area contributed by atoms with Crippen molar-refractivity contribution in [1.29, 1.82) is 0 Å². The van der Waals surface area contributed by atoms with Crippen molar-refractivity contribution in [3.8, 4) is 0 Å². The van der Waals surface area contributed by atoms with Gasteiger partial charge in [0.15, 0.2) is 0 Å². The molecule has 1 aliphatic heterocycles. The molecule has 3 N–H and O–H groups in total. The zero-order valence-corrected chi connectivity index (χ0v) is 11.5. The lowest BCUT2D eigenvalue weighted by atomic mass is 10.3. The van der Waals surface area contributed by atoms with E-state index in [4.69, 9.17) is 5.84 Å². The molecule has 1 aromatic carbocycles. The van der Waals surface area contributed by atoms with Crippen molar-refractivity contribution < 1.29 is 0 Å². The second-order valence-electron chi connectivity index (χ2n) is 4.26. The van der Waals surface area contributed by atoms with Crippen LogP contribution in [0.15, 0.2) is 35.3 Å². The molecule has 0 bridgehead atoms. The van der Waals surface area contributed by atoms with Gasteiger partial charge in [0.05, 0.1) is 5.69 Å². The maximum Gasteiger partial charge on any atom is 0.213 e. The Labute approximate surface area is 113 Å². The van der Waals surface area contributed by atoms with Gasteiger partial charge in [0, 0.05) is 24.1 Å². The number of para-hydroxylation sites is 1. The minimum Gasteiger partial charge on any atom is -0.340 e. The standard InChI is InChI=1S/C13H20N4S/c1-2-12-10-17(8-9-18-12)13(16-14)15-11-6-4-3-5-7-11/h3-7,12H,2,8-10,14H2,1H3,(H,15,16). The van der Waals surface area contributed by atoms with Gasteiger partial charge in [-0.15, -0.1) is 0 Å². The van der Waals surface area contributed by atoms with Crippen LogP contribution >= 0.6 is 11.8 Å². The Morgan fingerprint density at radius 1 is 1.50 bits per heavy atom. The van der Waals surface area contributed by atoms with Crippen LogP contribution in [-0.4, -0.2) is 35.0 Å². The van der Waals surface area contributed by atoms with Gasteiger partial charge in [0.25, 0.3) is 0 Å². The topological polar surface area (TPSA) is 53.6 Å². The molecule has 98 valence electrons. The lowest BCUT2D eigenvalue weighted by Crippen LogP contribution is -2.50. The van der Waals surface area contributed by atoms with E-state index in [0.29, 0.717) is 5.25 Å². The van der Waals surface area contributed by atoms with Crippen LogP contribution in [0.25, 0.3) is 0 Å². The fourth-order valence-corrected chi connectivity index (χ4v) is 3.16. The van der Waals surface area contributed by atoms with Crippen molar-refractivity contribution >= 4 is 23.4 Å². The molecule has 2 rings (SSSR count). The normalized spacial score (nSPS) is 20.9. The minimum absolute atomic E-state index is 0.674. The Hall–Kier alpha value is -1.20. The van der Waals surface area contributed by atoms with E-state index in [1.807, 2.05) is 42.1 Å². The van der Waals surface area contributed by atoms with Crippen molar-refractivity contribution in [1.82, 2.24) is 10.3 Å². The molecule has 1 atom stereocenters. The van der Waals surface area contributed by atoms with Crippen molar-refractivity contribution in [3.63, 3.8) is 0 Å². The highest BCUT2D eigenvalue weighted by Crippen LogP contribution is 2.21. The molecule has 1 unspecified atom stereocenters. The lowest BCUT2D eigenvalue weighted by Gasteiger charge is -2.33. The zero-order valence-electron chi connectivity index (χ0n) is 10.7. The molecule has 0 amide bonds. The smallest absolute Gasteiger partial charge is 0.213 e. The van der Waals surface area contributed by atoms with Crippen LogP contribution in [0.5, 0.6) is 0 Å². The van der Waals surface area contributed by atoms with E-state index in [0.717, 1.165) is 30.5 Å². The third-order valence-corrected chi connectivity index (χ3v) is 4.39. The van der Waals surface area contributed by atoms with Gasteiger partial charge in [-0.3, -0.25) is 5.43 Å². The van der Waals surface area contributed by atoms with Crippen molar-refractivity contribution in [3.05, 3.63) is 30.3 Å². The van der Waals surface area contributed by atoms with Gasteiger partial charge in [-0.25, -0.2) is 10.8 Å². The van der Waals surface area contributed by atoms with Crippen LogP contribution in [0.2, 0.25) is 0 Å².